The highest BCUT2D eigenvalue weighted by molar-refractivity contribution is 6.23. The van der Waals surface area contributed by atoms with E-state index in [0.29, 0.717) is 0 Å². The first-order valence-electron chi connectivity index (χ1n) is 18.7. The van der Waals surface area contributed by atoms with Crippen molar-refractivity contribution in [2.75, 3.05) is 0 Å². The van der Waals surface area contributed by atoms with Crippen molar-refractivity contribution in [3.8, 4) is 44.5 Å². The molecule has 0 radical (unpaired) electrons. The summed E-state index contributed by atoms with van der Waals surface area (Å²) in [5, 5.41) is 15.2. The van der Waals surface area contributed by atoms with Gasteiger partial charge in [0.15, 0.2) is 0 Å². The van der Waals surface area contributed by atoms with Crippen molar-refractivity contribution in [3.63, 3.8) is 0 Å². The molecule has 0 unspecified atom stereocenters. The van der Waals surface area contributed by atoms with Gasteiger partial charge in [-0.1, -0.05) is 182 Å². The Bertz CT molecular complexity index is 3240. The molecule has 0 atom stereocenters. The minimum Gasteiger partial charge on any atom is -0.0622 e. The third kappa shape index (κ3) is 4.92. The quantitative estimate of drug-likeness (QED) is 0.128. The zero-order chi connectivity index (χ0) is 35.6. The van der Waals surface area contributed by atoms with E-state index in [-0.39, 0.29) is 0 Å². The minimum atomic E-state index is 1.22. The van der Waals surface area contributed by atoms with Crippen LogP contribution in [0.1, 0.15) is 0 Å². The number of hydrogen-bond acceptors (Lipinski definition) is 0. The van der Waals surface area contributed by atoms with E-state index in [2.05, 4.69) is 206 Å². The van der Waals surface area contributed by atoms with Crippen LogP contribution in [0.15, 0.2) is 206 Å². The number of rotatable bonds is 4. The summed E-state index contributed by atoms with van der Waals surface area (Å²) in [6.45, 7) is 0. The maximum atomic E-state index is 2.45. The summed E-state index contributed by atoms with van der Waals surface area (Å²) in [7, 11) is 0. The lowest BCUT2D eigenvalue weighted by Gasteiger charge is -2.19. The monoisotopic (exact) mass is 682 g/mol. The molecular formula is C54H34. The third-order valence-electron chi connectivity index (χ3n) is 11.4. The van der Waals surface area contributed by atoms with Gasteiger partial charge >= 0.3 is 0 Å². The molecule has 0 saturated heterocycles. The third-order valence-corrected chi connectivity index (χ3v) is 11.4. The van der Waals surface area contributed by atoms with E-state index in [0.717, 1.165) is 0 Å². The van der Waals surface area contributed by atoms with Gasteiger partial charge in [0.05, 0.1) is 0 Å². The van der Waals surface area contributed by atoms with E-state index in [9.17, 15) is 0 Å². The summed E-state index contributed by atoms with van der Waals surface area (Å²) in [6, 6.07) is 76.2. The van der Waals surface area contributed by atoms with Gasteiger partial charge in [-0.25, -0.2) is 0 Å². The topological polar surface area (TPSA) is 0 Å². The summed E-state index contributed by atoms with van der Waals surface area (Å²) in [5.74, 6) is 0. The molecule has 0 amide bonds. The summed E-state index contributed by atoms with van der Waals surface area (Å²) in [5.41, 5.74) is 9.90. The van der Waals surface area contributed by atoms with Crippen LogP contribution in [0.5, 0.6) is 0 Å². The van der Waals surface area contributed by atoms with Crippen molar-refractivity contribution in [2.24, 2.45) is 0 Å². The lowest BCUT2D eigenvalue weighted by Crippen LogP contribution is -1.92. The van der Waals surface area contributed by atoms with Crippen LogP contribution in [0.2, 0.25) is 0 Å². The van der Waals surface area contributed by atoms with Gasteiger partial charge in [-0.15, -0.1) is 0 Å². The molecule has 0 aliphatic rings. The van der Waals surface area contributed by atoms with Gasteiger partial charge in [-0.05, 0) is 133 Å². The van der Waals surface area contributed by atoms with Crippen LogP contribution >= 0.6 is 0 Å². The fourth-order valence-corrected chi connectivity index (χ4v) is 8.81. The molecule has 11 aromatic carbocycles. The van der Waals surface area contributed by atoms with Crippen LogP contribution in [-0.2, 0) is 0 Å². The Morgan fingerprint density at radius 3 is 1.48 bits per heavy atom. The maximum absolute atomic E-state index is 2.45. The second-order valence-corrected chi connectivity index (χ2v) is 14.4. The van der Waals surface area contributed by atoms with Crippen molar-refractivity contribution in [1.29, 1.82) is 0 Å². The predicted octanol–water partition coefficient (Wildman–Crippen LogP) is 15.3. The van der Waals surface area contributed by atoms with Gasteiger partial charge in [0.1, 0.15) is 0 Å². The van der Waals surface area contributed by atoms with Gasteiger partial charge in [0, 0.05) is 0 Å². The largest absolute Gasteiger partial charge is 0.0622 e. The number of benzene rings is 11. The van der Waals surface area contributed by atoms with Crippen molar-refractivity contribution >= 4 is 64.6 Å². The average molecular weight is 683 g/mol. The first kappa shape index (κ1) is 30.6. The zero-order valence-corrected chi connectivity index (χ0v) is 29.6. The Morgan fingerprint density at radius 2 is 0.704 bits per heavy atom. The van der Waals surface area contributed by atoms with Gasteiger partial charge in [-0.2, -0.15) is 0 Å². The summed E-state index contributed by atoms with van der Waals surface area (Å²) < 4.78 is 0. The molecule has 0 saturated carbocycles. The van der Waals surface area contributed by atoms with E-state index >= 15 is 0 Å². The van der Waals surface area contributed by atoms with Crippen LogP contribution in [0, 0.1) is 0 Å². The summed E-state index contributed by atoms with van der Waals surface area (Å²) >= 11 is 0. The molecule has 0 bridgehead atoms. The molecule has 0 fully saturated rings. The van der Waals surface area contributed by atoms with Crippen LogP contribution in [-0.4, -0.2) is 0 Å². The summed E-state index contributed by atoms with van der Waals surface area (Å²) in [4.78, 5) is 0. The highest BCUT2D eigenvalue weighted by Gasteiger charge is 2.19. The summed E-state index contributed by atoms with van der Waals surface area (Å²) in [6.07, 6.45) is 0. The van der Waals surface area contributed by atoms with Crippen LogP contribution in [0.25, 0.3) is 109 Å². The highest BCUT2D eigenvalue weighted by atomic mass is 14.2. The van der Waals surface area contributed by atoms with Crippen molar-refractivity contribution in [3.05, 3.63) is 206 Å². The molecule has 54 heavy (non-hydrogen) atoms. The molecular weight excluding hydrogens is 649 g/mol. The SMILES string of the molecule is c1ccc(-c2ccc(-c3c4ccccc4c(-c4ccc5ccccc5c4)c4ccc(-c5cccc6c5ccc5cc7ccccc7cc56)cc34)cc2)cc1. The van der Waals surface area contributed by atoms with Gasteiger partial charge in [0.2, 0.25) is 0 Å². The number of fused-ring (bicyclic) bond motifs is 7. The minimum absolute atomic E-state index is 1.22. The van der Waals surface area contributed by atoms with E-state index in [1.54, 1.807) is 0 Å². The van der Waals surface area contributed by atoms with E-state index in [1.165, 1.54) is 109 Å². The highest BCUT2D eigenvalue weighted by Crippen LogP contribution is 2.46. The van der Waals surface area contributed by atoms with Gasteiger partial charge < -0.3 is 0 Å². The lowest BCUT2D eigenvalue weighted by molar-refractivity contribution is 1.61. The number of hydrogen-bond donors (Lipinski definition) is 0. The van der Waals surface area contributed by atoms with Crippen molar-refractivity contribution in [2.45, 2.75) is 0 Å². The van der Waals surface area contributed by atoms with Crippen LogP contribution in [0.4, 0.5) is 0 Å². The molecule has 0 nitrogen and oxygen atoms in total. The molecule has 0 aromatic heterocycles. The van der Waals surface area contributed by atoms with Crippen LogP contribution in [0.3, 0.4) is 0 Å². The maximum Gasteiger partial charge on any atom is -0.00261 e. The molecule has 0 N–H and O–H groups in total. The van der Waals surface area contributed by atoms with E-state index in [4.69, 9.17) is 0 Å². The average Bonchev–Trinajstić information content (AvgIpc) is 3.24. The fourth-order valence-electron chi connectivity index (χ4n) is 8.81. The Morgan fingerprint density at radius 1 is 0.185 bits per heavy atom. The molecule has 0 aliphatic heterocycles. The Balaban J connectivity index is 1.19. The first-order valence-corrected chi connectivity index (χ1v) is 18.7. The smallest absolute Gasteiger partial charge is 0.00261 e. The predicted molar refractivity (Wildman–Crippen MR) is 233 cm³/mol. The Labute approximate surface area is 314 Å². The molecule has 11 aromatic rings. The normalized spacial score (nSPS) is 11.7. The molecule has 0 aliphatic carbocycles. The van der Waals surface area contributed by atoms with Crippen molar-refractivity contribution in [1.82, 2.24) is 0 Å². The molecule has 0 spiro atoms. The van der Waals surface area contributed by atoms with E-state index < -0.39 is 0 Å². The molecule has 0 heteroatoms. The van der Waals surface area contributed by atoms with E-state index in [1.807, 2.05) is 0 Å². The molecule has 11 rings (SSSR count). The standard InChI is InChI=1S/C54H34/c1-2-11-35(12-3-1)37-21-24-38(25-22-37)53-48-17-8-9-18-49(48)54(44-26-23-36-13-4-5-14-39(36)32-44)50-30-28-43(34-52(50)53)45-19-10-20-46-47(45)29-27-42-31-40-15-6-7-16-41(40)33-51(42)46/h1-34H. The molecule has 0 heterocycles. The van der Waals surface area contributed by atoms with Crippen molar-refractivity contribution < 1.29 is 0 Å². The van der Waals surface area contributed by atoms with Gasteiger partial charge in [-0.3, -0.25) is 0 Å². The van der Waals surface area contributed by atoms with Crippen LogP contribution < -0.4 is 0 Å². The Hall–Kier alpha value is -7.02. The lowest BCUT2D eigenvalue weighted by atomic mass is 9.84. The molecule has 250 valence electrons. The zero-order valence-electron chi connectivity index (χ0n) is 29.6. The van der Waals surface area contributed by atoms with Gasteiger partial charge in [0.25, 0.3) is 0 Å². The fraction of sp³-hybridized carbons (Fsp3) is 0. The second-order valence-electron chi connectivity index (χ2n) is 14.4. The second kappa shape index (κ2) is 12.3. The first-order chi connectivity index (χ1) is 26.8. The Kier molecular flexibility index (Phi) is 6.97.